The van der Waals surface area contributed by atoms with Gasteiger partial charge in [0.1, 0.15) is 6.10 Å². The molecule has 4 nitrogen and oxygen atoms in total. The van der Waals surface area contributed by atoms with E-state index in [0.717, 1.165) is 25.7 Å². The van der Waals surface area contributed by atoms with Crippen LogP contribution >= 0.6 is 0 Å². The largest absolute Gasteiger partial charge is 0.466 e. The number of hydrogen-bond donors (Lipinski definition) is 0. The van der Waals surface area contributed by atoms with Crippen LogP contribution in [0.25, 0.3) is 0 Å². The van der Waals surface area contributed by atoms with Crippen LogP contribution in [0.15, 0.2) is 12.2 Å². The highest BCUT2D eigenvalue weighted by molar-refractivity contribution is 5.90. The Morgan fingerprint density at radius 2 is 2.12 bits per heavy atom. The molecule has 0 aromatic rings. The molecule has 2 fully saturated rings. The first-order chi connectivity index (χ1) is 8.13. The van der Waals surface area contributed by atoms with Crippen molar-refractivity contribution in [3.63, 3.8) is 0 Å². The summed E-state index contributed by atoms with van der Waals surface area (Å²) in [4.78, 5) is 23.0. The fourth-order valence-corrected chi connectivity index (χ4v) is 2.68. The molecular formula is C13H18O4. The van der Waals surface area contributed by atoms with Crippen molar-refractivity contribution in [2.45, 2.75) is 38.7 Å². The lowest BCUT2D eigenvalue weighted by Crippen LogP contribution is -2.17. The number of ether oxygens (including phenoxy) is 2. The number of carbonyl (C=O) groups excluding carboxylic acids is 2. The molecule has 0 N–H and O–H groups in total. The Balaban J connectivity index is 1.98. The van der Waals surface area contributed by atoms with E-state index in [4.69, 9.17) is 9.47 Å². The molecule has 0 spiro atoms. The van der Waals surface area contributed by atoms with Gasteiger partial charge in [0.15, 0.2) is 0 Å². The Hall–Kier alpha value is -1.32. The molecule has 0 amide bonds. The number of esters is 2. The first-order valence-electron chi connectivity index (χ1n) is 6.20. The predicted octanol–water partition coefficient (Wildman–Crippen LogP) is 1.84. The van der Waals surface area contributed by atoms with Crippen molar-refractivity contribution >= 4 is 11.9 Å². The van der Waals surface area contributed by atoms with Gasteiger partial charge in [-0.1, -0.05) is 6.58 Å². The molecule has 2 aliphatic rings. The van der Waals surface area contributed by atoms with E-state index in [-0.39, 0.29) is 29.9 Å². The molecule has 0 aromatic carbocycles. The fourth-order valence-electron chi connectivity index (χ4n) is 2.68. The van der Waals surface area contributed by atoms with E-state index in [2.05, 4.69) is 6.58 Å². The maximum Gasteiger partial charge on any atom is 0.334 e. The van der Waals surface area contributed by atoms with Crippen LogP contribution in [0.4, 0.5) is 0 Å². The van der Waals surface area contributed by atoms with Gasteiger partial charge in [0.05, 0.1) is 12.5 Å². The highest BCUT2D eigenvalue weighted by Crippen LogP contribution is 2.38. The summed E-state index contributed by atoms with van der Waals surface area (Å²) in [5.74, 6) is -0.340. The zero-order chi connectivity index (χ0) is 12.4. The van der Waals surface area contributed by atoms with E-state index in [1.807, 2.05) is 6.92 Å². The number of rotatable bonds is 2. The lowest BCUT2D eigenvalue weighted by molar-refractivity contribution is -0.148. The Morgan fingerprint density at radius 3 is 2.82 bits per heavy atom. The number of fused-ring (bicyclic) bond motifs is 1. The quantitative estimate of drug-likeness (QED) is 0.544. The minimum absolute atomic E-state index is 0.0490. The van der Waals surface area contributed by atoms with Gasteiger partial charge in [0.25, 0.3) is 0 Å². The maximum absolute atomic E-state index is 11.7. The predicted molar refractivity (Wildman–Crippen MR) is 61.1 cm³/mol. The summed E-state index contributed by atoms with van der Waals surface area (Å²) in [6, 6.07) is 0. The van der Waals surface area contributed by atoms with Gasteiger partial charge in [-0.05, 0) is 32.6 Å². The zero-order valence-electron chi connectivity index (χ0n) is 10.1. The Morgan fingerprint density at radius 1 is 1.41 bits per heavy atom. The monoisotopic (exact) mass is 238 g/mol. The van der Waals surface area contributed by atoms with Crippen molar-refractivity contribution in [1.82, 2.24) is 0 Å². The van der Waals surface area contributed by atoms with Crippen LogP contribution < -0.4 is 0 Å². The van der Waals surface area contributed by atoms with E-state index < -0.39 is 0 Å². The normalized spacial score (nSPS) is 32.6. The zero-order valence-corrected chi connectivity index (χ0v) is 10.1. The minimum Gasteiger partial charge on any atom is -0.466 e. The van der Waals surface area contributed by atoms with Gasteiger partial charge < -0.3 is 9.47 Å². The summed E-state index contributed by atoms with van der Waals surface area (Å²) in [5.41, 5.74) is 0.569. The number of carbonyl (C=O) groups is 2. The molecule has 1 aliphatic carbocycles. The van der Waals surface area contributed by atoms with E-state index >= 15 is 0 Å². The highest BCUT2D eigenvalue weighted by Gasteiger charge is 2.41. The van der Waals surface area contributed by atoms with Crippen molar-refractivity contribution in [3.05, 3.63) is 12.2 Å². The molecular weight excluding hydrogens is 220 g/mol. The summed E-state index contributed by atoms with van der Waals surface area (Å²) in [7, 11) is 0. The van der Waals surface area contributed by atoms with Gasteiger partial charge in [-0.25, -0.2) is 4.79 Å². The molecule has 1 saturated carbocycles. The molecule has 0 bridgehead atoms. The third kappa shape index (κ3) is 2.35. The Kier molecular flexibility index (Phi) is 3.50. The number of hydrogen-bond acceptors (Lipinski definition) is 4. The summed E-state index contributed by atoms with van der Waals surface area (Å²) < 4.78 is 10.3. The van der Waals surface area contributed by atoms with Crippen LogP contribution in [0.3, 0.4) is 0 Å². The van der Waals surface area contributed by atoms with Crippen LogP contribution in [0.1, 0.15) is 32.6 Å². The summed E-state index contributed by atoms with van der Waals surface area (Å²) >= 11 is 0. The van der Waals surface area contributed by atoms with E-state index in [1.165, 1.54) is 0 Å². The first-order valence-corrected chi connectivity index (χ1v) is 6.20. The standard InChI is InChI=1S/C13H18O4/c1-3-16-13(15)9-4-6-10-8(2)12(14)17-11(10)7-5-9/h9-11H,2-7H2,1H3/t9?,10-,11-/m0/s1. The van der Waals surface area contributed by atoms with Gasteiger partial charge in [0, 0.05) is 11.5 Å². The Bertz CT molecular complexity index is 347. The summed E-state index contributed by atoms with van der Waals surface area (Å²) in [6.45, 7) is 6.01. The van der Waals surface area contributed by atoms with Gasteiger partial charge in [0.2, 0.25) is 0 Å². The molecule has 1 aliphatic heterocycles. The van der Waals surface area contributed by atoms with Crippen molar-refractivity contribution < 1.29 is 19.1 Å². The third-order valence-electron chi connectivity index (χ3n) is 3.66. The topological polar surface area (TPSA) is 52.6 Å². The summed E-state index contributed by atoms with van der Waals surface area (Å²) in [6.07, 6.45) is 2.95. The molecule has 94 valence electrons. The third-order valence-corrected chi connectivity index (χ3v) is 3.66. The van der Waals surface area contributed by atoms with Crippen LogP contribution in [-0.2, 0) is 19.1 Å². The van der Waals surface area contributed by atoms with E-state index in [1.54, 1.807) is 0 Å². The maximum atomic E-state index is 11.7. The molecule has 4 heteroatoms. The minimum atomic E-state index is -0.269. The highest BCUT2D eigenvalue weighted by atomic mass is 16.6. The Labute approximate surface area is 101 Å². The smallest absolute Gasteiger partial charge is 0.334 e. The van der Waals surface area contributed by atoms with E-state index in [9.17, 15) is 9.59 Å². The molecule has 0 aromatic heterocycles. The van der Waals surface area contributed by atoms with Crippen molar-refractivity contribution in [3.8, 4) is 0 Å². The fraction of sp³-hybridized carbons (Fsp3) is 0.692. The lowest BCUT2D eigenvalue weighted by atomic mass is 9.92. The van der Waals surface area contributed by atoms with Gasteiger partial charge >= 0.3 is 11.9 Å². The van der Waals surface area contributed by atoms with Crippen LogP contribution in [0.2, 0.25) is 0 Å². The van der Waals surface area contributed by atoms with Crippen LogP contribution in [0, 0.1) is 11.8 Å². The molecule has 17 heavy (non-hydrogen) atoms. The van der Waals surface area contributed by atoms with Gasteiger partial charge in [-0.2, -0.15) is 0 Å². The van der Waals surface area contributed by atoms with Crippen LogP contribution in [0.5, 0.6) is 0 Å². The average Bonchev–Trinajstić information content (AvgIpc) is 2.50. The molecule has 1 unspecified atom stereocenters. The molecule has 3 atom stereocenters. The lowest BCUT2D eigenvalue weighted by Gasteiger charge is -2.12. The second-order valence-electron chi connectivity index (χ2n) is 4.68. The van der Waals surface area contributed by atoms with Crippen molar-refractivity contribution in [2.24, 2.45) is 11.8 Å². The molecule has 1 saturated heterocycles. The second kappa shape index (κ2) is 4.90. The van der Waals surface area contributed by atoms with Crippen molar-refractivity contribution in [2.75, 3.05) is 6.61 Å². The van der Waals surface area contributed by atoms with Gasteiger partial charge in [-0.3, -0.25) is 4.79 Å². The van der Waals surface area contributed by atoms with Crippen LogP contribution in [-0.4, -0.2) is 24.6 Å². The summed E-state index contributed by atoms with van der Waals surface area (Å²) in [5, 5.41) is 0. The SMILES string of the molecule is C=C1C(=O)O[C@H]2CCC(C(=O)OCC)CC[C@@H]12. The molecule has 0 radical (unpaired) electrons. The molecule has 2 rings (SSSR count). The van der Waals surface area contributed by atoms with E-state index in [0.29, 0.717) is 12.2 Å². The average molecular weight is 238 g/mol. The van der Waals surface area contributed by atoms with Crippen molar-refractivity contribution in [1.29, 1.82) is 0 Å². The second-order valence-corrected chi connectivity index (χ2v) is 4.68. The first kappa shape index (κ1) is 12.1. The molecule has 1 heterocycles. The van der Waals surface area contributed by atoms with Gasteiger partial charge in [-0.15, -0.1) is 0 Å².